The molecule has 2 N–H and O–H groups in total. The highest BCUT2D eigenvalue weighted by molar-refractivity contribution is 5.06. The second kappa shape index (κ2) is 5.91. The minimum atomic E-state index is 0.121. The summed E-state index contributed by atoms with van der Waals surface area (Å²) < 4.78 is 5.58. The van der Waals surface area contributed by atoms with Gasteiger partial charge < -0.3 is 15.4 Å². The highest BCUT2D eigenvalue weighted by atomic mass is 16.5. The molecule has 4 heteroatoms. The van der Waals surface area contributed by atoms with E-state index in [1.807, 2.05) is 7.11 Å². The molecule has 2 heterocycles. The Hall–Kier alpha value is -0.160. The van der Waals surface area contributed by atoms with Crippen molar-refractivity contribution < 1.29 is 4.74 Å². The van der Waals surface area contributed by atoms with Gasteiger partial charge >= 0.3 is 0 Å². The first-order valence-corrected chi connectivity index (χ1v) is 8.35. The maximum Gasteiger partial charge on any atom is 0.0661 e. The second-order valence-electron chi connectivity index (χ2n) is 7.20. The number of likely N-dealkylation sites (tertiary alicyclic amines) is 2. The number of hydrogen-bond donors (Lipinski definition) is 1. The molecule has 4 nitrogen and oxygen atoms in total. The first-order valence-electron chi connectivity index (χ1n) is 8.35. The Morgan fingerprint density at radius 2 is 2.00 bits per heavy atom. The molecule has 3 atom stereocenters. The van der Waals surface area contributed by atoms with Crippen LogP contribution < -0.4 is 5.73 Å². The molecule has 3 fully saturated rings. The fourth-order valence-electron chi connectivity index (χ4n) is 4.75. The maximum absolute atomic E-state index is 6.23. The number of methoxy groups -OCH3 is 1. The highest BCUT2D eigenvalue weighted by Gasteiger charge is 2.50. The van der Waals surface area contributed by atoms with E-state index in [-0.39, 0.29) is 5.54 Å². The summed E-state index contributed by atoms with van der Waals surface area (Å²) in [7, 11) is 4.13. The van der Waals surface area contributed by atoms with Crippen LogP contribution in [0.15, 0.2) is 0 Å². The number of rotatable bonds is 5. The van der Waals surface area contributed by atoms with Crippen molar-refractivity contribution in [2.75, 3.05) is 46.9 Å². The van der Waals surface area contributed by atoms with Gasteiger partial charge in [0.2, 0.25) is 0 Å². The molecule has 0 aromatic carbocycles. The third kappa shape index (κ3) is 2.52. The Morgan fingerprint density at radius 1 is 1.20 bits per heavy atom. The first kappa shape index (κ1) is 14.8. The van der Waals surface area contributed by atoms with Gasteiger partial charge in [0.1, 0.15) is 0 Å². The van der Waals surface area contributed by atoms with Crippen molar-refractivity contribution in [1.29, 1.82) is 0 Å². The molecule has 2 aliphatic heterocycles. The van der Waals surface area contributed by atoms with E-state index >= 15 is 0 Å². The Balaban J connectivity index is 1.73. The summed E-state index contributed by atoms with van der Waals surface area (Å²) >= 11 is 0. The summed E-state index contributed by atoms with van der Waals surface area (Å²) in [6.45, 7) is 5.26. The minimum absolute atomic E-state index is 0.121. The third-order valence-corrected chi connectivity index (χ3v) is 6.06. The molecule has 0 aromatic rings. The Bertz CT molecular complexity index is 334. The molecule has 0 bridgehead atoms. The molecule has 3 aliphatic rings. The van der Waals surface area contributed by atoms with Crippen LogP contribution >= 0.6 is 0 Å². The Labute approximate surface area is 123 Å². The highest BCUT2D eigenvalue weighted by Crippen LogP contribution is 2.45. The number of nitrogens with two attached hydrogens (primary N) is 1. The lowest BCUT2D eigenvalue weighted by Crippen LogP contribution is -2.64. The lowest BCUT2D eigenvalue weighted by molar-refractivity contribution is -0.0534. The fourth-order valence-corrected chi connectivity index (χ4v) is 4.75. The smallest absolute Gasteiger partial charge is 0.0661 e. The van der Waals surface area contributed by atoms with E-state index in [0.29, 0.717) is 0 Å². The average Bonchev–Trinajstić information content (AvgIpc) is 3.30. The van der Waals surface area contributed by atoms with Crippen molar-refractivity contribution in [1.82, 2.24) is 9.80 Å². The van der Waals surface area contributed by atoms with Gasteiger partial charge in [-0.15, -0.1) is 0 Å². The van der Waals surface area contributed by atoms with Crippen molar-refractivity contribution in [2.45, 2.75) is 43.7 Å². The summed E-state index contributed by atoms with van der Waals surface area (Å²) in [5.41, 5.74) is 6.35. The molecule has 1 aliphatic carbocycles. The monoisotopic (exact) mass is 281 g/mol. The van der Waals surface area contributed by atoms with Gasteiger partial charge in [-0.2, -0.15) is 0 Å². The normalized spacial score (nSPS) is 35.5. The molecule has 116 valence electrons. The summed E-state index contributed by atoms with van der Waals surface area (Å²) in [4.78, 5) is 5.29. The van der Waals surface area contributed by atoms with Crippen LogP contribution in [0.4, 0.5) is 0 Å². The molecule has 3 rings (SSSR count). The Kier molecular flexibility index (Phi) is 4.37. The van der Waals surface area contributed by atoms with Crippen LogP contribution in [0.2, 0.25) is 0 Å². The van der Waals surface area contributed by atoms with E-state index in [1.165, 1.54) is 51.7 Å². The number of piperidine rings is 2. The lowest BCUT2D eigenvalue weighted by Gasteiger charge is -2.52. The molecule has 1 saturated carbocycles. The van der Waals surface area contributed by atoms with Crippen molar-refractivity contribution in [3.63, 3.8) is 0 Å². The molecule has 2 saturated heterocycles. The fraction of sp³-hybridized carbons (Fsp3) is 1.00. The van der Waals surface area contributed by atoms with Crippen LogP contribution in [0.3, 0.4) is 0 Å². The van der Waals surface area contributed by atoms with Crippen molar-refractivity contribution in [3.05, 3.63) is 0 Å². The molecule has 3 unspecified atom stereocenters. The number of hydrogen-bond acceptors (Lipinski definition) is 4. The minimum Gasteiger partial charge on any atom is -0.383 e. The van der Waals surface area contributed by atoms with Crippen LogP contribution in [0.25, 0.3) is 0 Å². The van der Waals surface area contributed by atoms with Gasteiger partial charge in [0.15, 0.2) is 0 Å². The molecule has 0 spiro atoms. The van der Waals surface area contributed by atoms with E-state index in [4.69, 9.17) is 10.5 Å². The molecular formula is C16H31N3O. The van der Waals surface area contributed by atoms with Gasteiger partial charge in [0.25, 0.3) is 0 Å². The summed E-state index contributed by atoms with van der Waals surface area (Å²) in [5.74, 6) is 1.61. The number of nitrogens with zero attached hydrogens (tertiary/aromatic N) is 2. The van der Waals surface area contributed by atoms with E-state index in [9.17, 15) is 0 Å². The predicted octanol–water partition coefficient (Wildman–Crippen LogP) is 1.16. The van der Waals surface area contributed by atoms with Gasteiger partial charge in [-0.05, 0) is 57.5 Å². The molecular weight excluding hydrogens is 250 g/mol. The Morgan fingerprint density at radius 3 is 2.65 bits per heavy atom. The molecule has 0 aromatic heterocycles. The van der Waals surface area contributed by atoms with Gasteiger partial charge in [-0.1, -0.05) is 0 Å². The zero-order valence-corrected chi connectivity index (χ0v) is 13.2. The topological polar surface area (TPSA) is 41.7 Å². The van der Waals surface area contributed by atoms with Gasteiger partial charge in [0.05, 0.1) is 12.1 Å². The van der Waals surface area contributed by atoms with Gasteiger partial charge in [-0.25, -0.2) is 0 Å². The quantitative estimate of drug-likeness (QED) is 0.821. The summed E-state index contributed by atoms with van der Waals surface area (Å²) in [6.07, 6.45) is 6.73. The number of ether oxygens (including phenoxy) is 1. The average molecular weight is 281 g/mol. The SMILES string of the molecule is COCC(CN)(C1CC1)N1CCC2C(CCCN2C)C1. The van der Waals surface area contributed by atoms with Crippen LogP contribution in [0, 0.1) is 11.8 Å². The third-order valence-electron chi connectivity index (χ3n) is 6.06. The van der Waals surface area contributed by atoms with E-state index in [0.717, 1.165) is 31.0 Å². The van der Waals surface area contributed by atoms with Crippen LogP contribution in [-0.4, -0.2) is 68.3 Å². The zero-order chi connectivity index (χ0) is 14.2. The molecule has 0 radical (unpaired) electrons. The van der Waals surface area contributed by atoms with Crippen molar-refractivity contribution in [3.8, 4) is 0 Å². The summed E-state index contributed by atoms with van der Waals surface area (Å²) in [6, 6.07) is 0.803. The lowest BCUT2D eigenvalue weighted by atomic mass is 9.80. The first-order chi connectivity index (χ1) is 9.71. The van der Waals surface area contributed by atoms with E-state index in [1.54, 1.807) is 0 Å². The van der Waals surface area contributed by atoms with E-state index < -0.39 is 0 Å². The summed E-state index contributed by atoms with van der Waals surface area (Å²) in [5, 5.41) is 0. The largest absolute Gasteiger partial charge is 0.383 e. The van der Waals surface area contributed by atoms with Gasteiger partial charge in [-0.3, -0.25) is 4.90 Å². The van der Waals surface area contributed by atoms with Gasteiger partial charge in [0, 0.05) is 32.8 Å². The van der Waals surface area contributed by atoms with E-state index in [2.05, 4.69) is 16.8 Å². The predicted molar refractivity (Wildman–Crippen MR) is 81.7 cm³/mol. The molecule has 20 heavy (non-hydrogen) atoms. The maximum atomic E-state index is 6.23. The van der Waals surface area contributed by atoms with Crippen molar-refractivity contribution >= 4 is 0 Å². The van der Waals surface area contributed by atoms with Crippen LogP contribution in [0.1, 0.15) is 32.1 Å². The molecule has 0 amide bonds. The standard InChI is InChI=1S/C16H31N3O/c1-18-8-3-4-13-10-19(9-7-15(13)18)16(11-17,12-20-2)14-5-6-14/h13-15H,3-12,17H2,1-2H3. The second-order valence-corrected chi connectivity index (χ2v) is 7.20. The van der Waals surface area contributed by atoms with Crippen molar-refractivity contribution in [2.24, 2.45) is 17.6 Å². The van der Waals surface area contributed by atoms with Crippen LogP contribution in [0.5, 0.6) is 0 Å². The number of fused-ring (bicyclic) bond motifs is 1. The zero-order valence-electron chi connectivity index (χ0n) is 13.2. The van der Waals surface area contributed by atoms with Crippen LogP contribution in [-0.2, 0) is 4.74 Å².